The monoisotopic (exact) mass is 364 g/mol. The van der Waals surface area contributed by atoms with Crippen LogP contribution in [0.4, 0.5) is 10.1 Å². The van der Waals surface area contributed by atoms with Crippen LogP contribution in [0, 0.1) is 5.82 Å². The second-order valence-corrected chi connectivity index (χ2v) is 7.49. The van der Waals surface area contributed by atoms with Crippen molar-refractivity contribution >= 4 is 21.6 Å². The molecule has 2 aromatic rings. The summed E-state index contributed by atoms with van der Waals surface area (Å²) < 4.78 is 40.2. The standard InChI is InChI=1S/C18H21FN2O3S/c1-3-5-13(2)20-18(22)14-6-4-7-17(12-14)25(23,24)21-16-10-8-15(19)9-11-16/h4,6-13,21H,3,5H2,1-2H3,(H,20,22). The second kappa shape index (κ2) is 8.11. The van der Waals surface area contributed by atoms with Crippen molar-refractivity contribution in [3.05, 3.63) is 59.9 Å². The molecule has 0 aromatic heterocycles. The van der Waals surface area contributed by atoms with Crippen molar-refractivity contribution in [3.63, 3.8) is 0 Å². The van der Waals surface area contributed by atoms with E-state index in [0.29, 0.717) is 0 Å². The summed E-state index contributed by atoms with van der Waals surface area (Å²) in [5, 5.41) is 2.84. The fourth-order valence-electron chi connectivity index (χ4n) is 2.35. The molecule has 5 nitrogen and oxygen atoms in total. The van der Waals surface area contributed by atoms with Crippen molar-refractivity contribution in [1.82, 2.24) is 5.32 Å². The third-order valence-corrected chi connectivity index (χ3v) is 4.98. The van der Waals surface area contributed by atoms with Gasteiger partial charge in [-0.2, -0.15) is 0 Å². The molecule has 2 rings (SSSR count). The first-order valence-corrected chi connectivity index (χ1v) is 9.49. The number of hydrogen-bond donors (Lipinski definition) is 2. The molecule has 0 heterocycles. The lowest BCUT2D eigenvalue weighted by Gasteiger charge is -2.13. The van der Waals surface area contributed by atoms with Crippen molar-refractivity contribution in [1.29, 1.82) is 0 Å². The van der Waals surface area contributed by atoms with Crippen LogP contribution in [0.25, 0.3) is 0 Å². The van der Waals surface area contributed by atoms with Gasteiger partial charge in [0, 0.05) is 17.3 Å². The lowest BCUT2D eigenvalue weighted by molar-refractivity contribution is 0.0938. The van der Waals surface area contributed by atoms with Crippen molar-refractivity contribution in [2.24, 2.45) is 0 Å². The van der Waals surface area contributed by atoms with Crippen LogP contribution in [0.3, 0.4) is 0 Å². The zero-order valence-corrected chi connectivity index (χ0v) is 14.9. The first-order chi connectivity index (χ1) is 11.8. The van der Waals surface area contributed by atoms with E-state index in [1.54, 1.807) is 6.07 Å². The number of amides is 1. The van der Waals surface area contributed by atoms with Gasteiger partial charge >= 0.3 is 0 Å². The molecule has 0 radical (unpaired) electrons. The predicted octanol–water partition coefficient (Wildman–Crippen LogP) is 3.54. The van der Waals surface area contributed by atoms with E-state index in [9.17, 15) is 17.6 Å². The largest absolute Gasteiger partial charge is 0.350 e. The van der Waals surface area contributed by atoms with Crippen LogP contribution in [0.15, 0.2) is 53.4 Å². The van der Waals surface area contributed by atoms with Gasteiger partial charge in [0.25, 0.3) is 15.9 Å². The van der Waals surface area contributed by atoms with E-state index in [2.05, 4.69) is 10.0 Å². The van der Waals surface area contributed by atoms with Gasteiger partial charge in [0.2, 0.25) is 0 Å². The zero-order valence-electron chi connectivity index (χ0n) is 14.1. The number of halogens is 1. The van der Waals surface area contributed by atoms with Crippen LogP contribution in [-0.2, 0) is 10.0 Å². The fraction of sp³-hybridized carbons (Fsp3) is 0.278. The average molecular weight is 364 g/mol. The Morgan fingerprint density at radius 2 is 1.84 bits per heavy atom. The van der Waals surface area contributed by atoms with Crippen LogP contribution in [0.1, 0.15) is 37.0 Å². The number of rotatable bonds is 7. The molecule has 1 atom stereocenters. The van der Waals surface area contributed by atoms with E-state index >= 15 is 0 Å². The number of sulfonamides is 1. The Morgan fingerprint density at radius 3 is 2.48 bits per heavy atom. The van der Waals surface area contributed by atoms with Crippen LogP contribution in [0.5, 0.6) is 0 Å². The molecule has 7 heteroatoms. The zero-order chi connectivity index (χ0) is 18.4. The van der Waals surface area contributed by atoms with Gasteiger partial charge in [0.05, 0.1) is 4.90 Å². The number of hydrogen-bond acceptors (Lipinski definition) is 3. The average Bonchev–Trinajstić information content (AvgIpc) is 2.57. The van der Waals surface area contributed by atoms with Crippen molar-refractivity contribution in [3.8, 4) is 0 Å². The number of nitrogens with one attached hydrogen (secondary N) is 2. The molecule has 0 spiro atoms. The van der Waals surface area contributed by atoms with E-state index in [-0.39, 0.29) is 28.1 Å². The summed E-state index contributed by atoms with van der Waals surface area (Å²) in [7, 11) is -3.87. The maximum absolute atomic E-state index is 12.9. The van der Waals surface area contributed by atoms with E-state index in [4.69, 9.17) is 0 Å². The topological polar surface area (TPSA) is 75.3 Å². The van der Waals surface area contributed by atoms with Gasteiger partial charge in [0.1, 0.15) is 5.82 Å². The molecule has 134 valence electrons. The molecule has 25 heavy (non-hydrogen) atoms. The Balaban J connectivity index is 2.18. The van der Waals surface area contributed by atoms with E-state index in [1.165, 1.54) is 30.3 Å². The Bertz CT molecular complexity index is 836. The molecule has 0 saturated heterocycles. The lowest BCUT2D eigenvalue weighted by Crippen LogP contribution is -2.32. The smallest absolute Gasteiger partial charge is 0.261 e. The molecule has 0 aliphatic heterocycles. The highest BCUT2D eigenvalue weighted by Gasteiger charge is 2.17. The molecule has 1 amide bonds. The minimum absolute atomic E-state index is 0.00936. The van der Waals surface area contributed by atoms with Gasteiger partial charge in [-0.3, -0.25) is 9.52 Å². The van der Waals surface area contributed by atoms with Crippen molar-refractivity contribution in [2.45, 2.75) is 37.6 Å². The highest BCUT2D eigenvalue weighted by Crippen LogP contribution is 2.17. The normalized spacial score (nSPS) is 12.4. The van der Waals surface area contributed by atoms with Crippen molar-refractivity contribution < 1.29 is 17.6 Å². The summed E-state index contributed by atoms with van der Waals surface area (Å²) in [6.07, 6.45) is 1.79. The lowest BCUT2D eigenvalue weighted by atomic mass is 10.1. The molecule has 1 unspecified atom stereocenters. The SMILES string of the molecule is CCCC(C)NC(=O)c1cccc(S(=O)(=O)Nc2ccc(F)cc2)c1. The number of anilines is 1. The second-order valence-electron chi connectivity index (χ2n) is 5.80. The van der Waals surface area contributed by atoms with Gasteiger partial charge in [-0.15, -0.1) is 0 Å². The van der Waals surface area contributed by atoms with Gasteiger partial charge in [0.15, 0.2) is 0 Å². The highest BCUT2D eigenvalue weighted by molar-refractivity contribution is 7.92. The summed E-state index contributed by atoms with van der Waals surface area (Å²) in [5.41, 5.74) is 0.512. The molecular formula is C18H21FN2O3S. The molecule has 0 bridgehead atoms. The highest BCUT2D eigenvalue weighted by atomic mass is 32.2. The summed E-state index contributed by atoms with van der Waals surface area (Å²) in [6, 6.07) is 10.8. The van der Waals surface area contributed by atoms with Gasteiger partial charge in [-0.25, -0.2) is 12.8 Å². The molecule has 2 N–H and O–H groups in total. The van der Waals surface area contributed by atoms with Gasteiger partial charge < -0.3 is 5.32 Å². The Labute approximate surface area is 147 Å². The number of carbonyl (C=O) groups excluding carboxylic acids is 1. The molecular weight excluding hydrogens is 343 g/mol. The van der Waals surface area contributed by atoms with Crippen LogP contribution in [-0.4, -0.2) is 20.4 Å². The molecule has 0 saturated carbocycles. The Kier molecular flexibility index (Phi) is 6.14. The minimum Gasteiger partial charge on any atom is -0.350 e. The summed E-state index contributed by atoms with van der Waals surface area (Å²) in [4.78, 5) is 12.2. The van der Waals surface area contributed by atoms with E-state index < -0.39 is 15.8 Å². The summed E-state index contributed by atoms with van der Waals surface area (Å²) in [5.74, 6) is -0.775. The molecule has 2 aromatic carbocycles. The molecule has 0 aliphatic carbocycles. The quantitative estimate of drug-likeness (QED) is 0.789. The first-order valence-electron chi connectivity index (χ1n) is 8.01. The fourth-order valence-corrected chi connectivity index (χ4v) is 3.45. The first kappa shape index (κ1) is 18.9. The Morgan fingerprint density at radius 1 is 1.16 bits per heavy atom. The Hall–Kier alpha value is -2.41. The van der Waals surface area contributed by atoms with Crippen LogP contribution < -0.4 is 10.0 Å². The molecule has 0 aliphatic rings. The van der Waals surface area contributed by atoms with E-state index in [0.717, 1.165) is 25.0 Å². The minimum atomic E-state index is -3.87. The third kappa shape index (κ3) is 5.29. The number of carbonyl (C=O) groups is 1. The van der Waals surface area contributed by atoms with Gasteiger partial charge in [-0.1, -0.05) is 19.4 Å². The maximum Gasteiger partial charge on any atom is 0.261 e. The summed E-state index contributed by atoms with van der Waals surface area (Å²) in [6.45, 7) is 3.93. The van der Waals surface area contributed by atoms with Gasteiger partial charge in [-0.05, 0) is 55.8 Å². The summed E-state index contributed by atoms with van der Waals surface area (Å²) >= 11 is 0. The van der Waals surface area contributed by atoms with E-state index in [1.807, 2.05) is 13.8 Å². The number of benzene rings is 2. The molecule has 0 fully saturated rings. The third-order valence-electron chi connectivity index (χ3n) is 3.60. The van der Waals surface area contributed by atoms with Crippen molar-refractivity contribution in [2.75, 3.05) is 4.72 Å². The maximum atomic E-state index is 12.9. The van der Waals surface area contributed by atoms with Crippen LogP contribution in [0.2, 0.25) is 0 Å². The van der Waals surface area contributed by atoms with Crippen LogP contribution >= 0.6 is 0 Å². The predicted molar refractivity (Wildman–Crippen MR) is 95.5 cm³/mol.